The van der Waals surface area contributed by atoms with Crippen LogP contribution in [0.3, 0.4) is 0 Å². The van der Waals surface area contributed by atoms with Crippen LogP contribution in [0, 0.1) is 0 Å². The number of para-hydroxylation sites is 2. The van der Waals surface area contributed by atoms with Gasteiger partial charge in [-0.05, 0) is 61.4 Å². The highest BCUT2D eigenvalue weighted by Gasteiger charge is 2.37. The van der Waals surface area contributed by atoms with Gasteiger partial charge in [-0.3, -0.25) is 4.57 Å². The van der Waals surface area contributed by atoms with Crippen LogP contribution >= 0.6 is 11.6 Å². The van der Waals surface area contributed by atoms with E-state index < -0.39 is 0 Å². The van der Waals surface area contributed by atoms with Gasteiger partial charge in [0.2, 0.25) is 5.95 Å². The molecule has 0 amide bonds. The van der Waals surface area contributed by atoms with E-state index in [2.05, 4.69) is 130 Å². The van der Waals surface area contributed by atoms with Crippen molar-refractivity contribution in [3.05, 3.63) is 95.4 Å². The normalized spacial score (nSPS) is 16.1. The monoisotopic (exact) mass is 549 g/mol. The molecule has 4 heterocycles. The first-order valence-corrected chi connectivity index (χ1v) is 14.2. The third-order valence-electron chi connectivity index (χ3n) is 8.19. The highest BCUT2D eigenvalue weighted by Crippen LogP contribution is 2.51. The van der Waals surface area contributed by atoms with Crippen molar-refractivity contribution in [3.8, 4) is 0 Å². The molecule has 2 aliphatic heterocycles. The summed E-state index contributed by atoms with van der Waals surface area (Å²) < 4.78 is 2.18. The van der Waals surface area contributed by atoms with Crippen molar-refractivity contribution in [2.24, 2.45) is 0 Å². The zero-order valence-electron chi connectivity index (χ0n) is 23.1. The summed E-state index contributed by atoms with van der Waals surface area (Å²) in [5.74, 6) is 0.790. The van der Waals surface area contributed by atoms with E-state index in [-0.39, 0.29) is 17.5 Å². The number of halogens is 1. The van der Waals surface area contributed by atoms with Crippen molar-refractivity contribution in [1.29, 1.82) is 0 Å². The Labute approximate surface area is 239 Å². The number of aromatic nitrogens is 4. The number of benzene rings is 3. The first-order chi connectivity index (χ1) is 19.3. The van der Waals surface area contributed by atoms with Crippen molar-refractivity contribution in [1.82, 2.24) is 19.5 Å². The Balaban J connectivity index is 1.17. The van der Waals surface area contributed by atoms with Crippen molar-refractivity contribution in [2.45, 2.75) is 45.2 Å². The van der Waals surface area contributed by atoms with E-state index in [9.17, 15) is 0 Å². The van der Waals surface area contributed by atoms with Crippen LogP contribution in [0.5, 0.6) is 0 Å². The molecule has 5 aromatic rings. The summed E-state index contributed by atoms with van der Waals surface area (Å²) in [6.07, 6.45) is 1.51. The molecule has 0 aliphatic carbocycles. The predicted molar refractivity (Wildman–Crippen MR) is 164 cm³/mol. The van der Waals surface area contributed by atoms with Gasteiger partial charge < -0.3 is 15.1 Å². The maximum absolute atomic E-state index is 6.36. The van der Waals surface area contributed by atoms with Crippen LogP contribution in [0.2, 0.25) is 5.15 Å². The molecule has 1 fully saturated rings. The number of fused-ring (bicyclic) bond motifs is 3. The van der Waals surface area contributed by atoms with Crippen molar-refractivity contribution >= 4 is 51.5 Å². The Bertz CT molecular complexity index is 1670. The molecule has 0 spiro atoms. The van der Waals surface area contributed by atoms with Crippen LogP contribution in [0.4, 0.5) is 28.7 Å². The largest absolute Gasteiger partial charge is 0.367 e. The van der Waals surface area contributed by atoms with Gasteiger partial charge in [0.05, 0.1) is 17.4 Å². The van der Waals surface area contributed by atoms with E-state index in [1.807, 2.05) is 0 Å². The van der Waals surface area contributed by atoms with Gasteiger partial charge >= 0.3 is 0 Å². The van der Waals surface area contributed by atoms with Gasteiger partial charge in [-0.25, -0.2) is 15.0 Å². The first-order valence-electron chi connectivity index (χ1n) is 13.8. The fourth-order valence-corrected chi connectivity index (χ4v) is 6.35. The molecule has 0 saturated carbocycles. The molecule has 2 aliphatic rings. The lowest BCUT2D eigenvalue weighted by atomic mass is 9.73. The van der Waals surface area contributed by atoms with Gasteiger partial charge in [0, 0.05) is 35.9 Å². The maximum atomic E-state index is 6.36. The van der Waals surface area contributed by atoms with Crippen LogP contribution in [0.15, 0.2) is 79.1 Å². The summed E-state index contributed by atoms with van der Waals surface area (Å²) in [5.41, 5.74) is 8.86. The van der Waals surface area contributed by atoms with E-state index >= 15 is 0 Å². The second kappa shape index (κ2) is 9.24. The highest BCUT2D eigenvalue weighted by atomic mass is 35.5. The van der Waals surface area contributed by atoms with Gasteiger partial charge in [-0.2, -0.15) is 0 Å². The van der Waals surface area contributed by atoms with Gasteiger partial charge in [0.15, 0.2) is 10.8 Å². The van der Waals surface area contributed by atoms with E-state index in [0.29, 0.717) is 10.7 Å². The van der Waals surface area contributed by atoms with Gasteiger partial charge in [0.25, 0.3) is 0 Å². The average molecular weight is 550 g/mol. The number of hydrogen-bond acceptors (Lipinski definition) is 6. The quantitative estimate of drug-likeness (QED) is 0.229. The molecule has 7 rings (SSSR count). The maximum Gasteiger partial charge on any atom is 0.205 e. The fraction of sp³-hybridized carbons (Fsp3) is 0.281. The Kier molecular flexibility index (Phi) is 5.75. The standard InChI is InChI=1S/C32H32ClN7/c1-20(2)36-31-37-28-29(33)34-19-35-30(28)40(31)23-17-38(18-23)21-13-15-22(16-14-21)39-26-11-7-5-9-24(26)32(3,4)25-10-6-8-12-27(25)39/h5-16,19-20,23H,17-18H2,1-4H3,(H,36,37). The Morgan fingerprint density at radius 3 is 2.08 bits per heavy atom. The number of anilines is 5. The minimum absolute atomic E-state index is 0.0633. The molecular weight excluding hydrogens is 518 g/mol. The minimum Gasteiger partial charge on any atom is -0.367 e. The van der Waals surface area contributed by atoms with Gasteiger partial charge in [-0.15, -0.1) is 0 Å². The Hall–Kier alpha value is -4.10. The van der Waals surface area contributed by atoms with Crippen molar-refractivity contribution < 1.29 is 0 Å². The highest BCUT2D eigenvalue weighted by molar-refractivity contribution is 6.33. The molecule has 0 atom stereocenters. The van der Waals surface area contributed by atoms with Gasteiger partial charge in [-0.1, -0.05) is 61.8 Å². The summed E-state index contributed by atoms with van der Waals surface area (Å²) >= 11 is 6.36. The van der Waals surface area contributed by atoms with Crippen LogP contribution in [-0.2, 0) is 5.41 Å². The molecular formula is C32H32ClN7. The van der Waals surface area contributed by atoms with E-state index in [0.717, 1.165) is 30.4 Å². The number of nitrogens with one attached hydrogen (secondary N) is 1. The lowest BCUT2D eigenvalue weighted by Crippen LogP contribution is -2.48. The fourth-order valence-electron chi connectivity index (χ4n) is 6.18. The molecule has 0 radical (unpaired) electrons. The summed E-state index contributed by atoms with van der Waals surface area (Å²) in [7, 11) is 0. The lowest BCUT2D eigenvalue weighted by Gasteiger charge is -2.43. The SMILES string of the molecule is CC(C)Nc1nc2c(Cl)ncnc2n1C1CN(c2ccc(N3c4ccccc4C(C)(C)c4ccccc43)cc2)C1. The van der Waals surface area contributed by atoms with Crippen molar-refractivity contribution in [3.63, 3.8) is 0 Å². The lowest BCUT2D eigenvalue weighted by molar-refractivity contribution is 0.409. The first kappa shape index (κ1) is 24.9. The molecule has 1 saturated heterocycles. The topological polar surface area (TPSA) is 62.1 Å². The summed E-state index contributed by atoms with van der Waals surface area (Å²) in [6.45, 7) is 10.6. The average Bonchev–Trinajstić information content (AvgIpc) is 3.27. The zero-order valence-corrected chi connectivity index (χ0v) is 23.9. The minimum atomic E-state index is -0.0633. The molecule has 7 nitrogen and oxygen atoms in total. The second-order valence-corrected chi connectivity index (χ2v) is 11.9. The number of nitrogens with zero attached hydrogens (tertiary/aromatic N) is 6. The molecule has 8 heteroatoms. The summed E-state index contributed by atoms with van der Waals surface area (Å²) in [6, 6.07) is 26.9. The Morgan fingerprint density at radius 1 is 0.850 bits per heavy atom. The van der Waals surface area contributed by atoms with E-state index in [1.54, 1.807) is 0 Å². The molecule has 40 heavy (non-hydrogen) atoms. The third-order valence-corrected chi connectivity index (χ3v) is 8.46. The van der Waals surface area contributed by atoms with Crippen LogP contribution in [-0.4, -0.2) is 38.7 Å². The van der Waals surface area contributed by atoms with E-state index in [1.165, 1.54) is 34.5 Å². The van der Waals surface area contributed by atoms with Crippen LogP contribution < -0.4 is 15.1 Å². The number of rotatable bonds is 5. The predicted octanol–water partition coefficient (Wildman–Crippen LogP) is 7.47. The Morgan fingerprint density at radius 2 is 1.45 bits per heavy atom. The van der Waals surface area contributed by atoms with E-state index in [4.69, 9.17) is 16.6 Å². The smallest absolute Gasteiger partial charge is 0.205 e. The summed E-state index contributed by atoms with van der Waals surface area (Å²) in [4.78, 5) is 18.2. The van der Waals surface area contributed by atoms with Crippen molar-refractivity contribution in [2.75, 3.05) is 28.2 Å². The molecule has 3 aromatic carbocycles. The zero-order chi connectivity index (χ0) is 27.6. The van der Waals surface area contributed by atoms with Crippen LogP contribution in [0.1, 0.15) is 44.9 Å². The molecule has 0 unspecified atom stereocenters. The molecule has 2 aromatic heterocycles. The van der Waals surface area contributed by atoms with Crippen LogP contribution in [0.25, 0.3) is 11.2 Å². The van der Waals surface area contributed by atoms with Gasteiger partial charge in [0.1, 0.15) is 11.8 Å². The second-order valence-electron chi connectivity index (χ2n) is 11.5. The molecule has 202 valence electrons. The molecule has 1 N–H and O–H groups in total. The number of hydrogen-bond donors (Lipinski definition) is 1. The molecule has 0 bridgehead atoms. The summed E-state index contributed by atoms with van der Waals surface area (Å²) in [5, 5.41) is 3.84. The third kappa shape index (κ3) is 3.83. The number of imidazole rings is 1.